The summed E-state index contributed by atoms with van der Waals surface area (Å²) in [5.41, 5.74) is -14.3. The van der Waals surface area contributed by atoms with Crippen molar-refractivity contribution in [3.63, 3.8) is 0 Å². The molecule has 4 aromatic rings. The van der Waals surface area contributed by atoms with Crippen LogP contribution in [0.5, 0.6) is 0 Å². The van der Waals surface area contributed by atoms with Gasteiger partial charge in [-0.3, -0.25) is 0 Å². The predicted molar refractivity (Wildman–Crippen MR) is 109 cm³/mol. The second-order valence-corrected chi connectivity index (χ2v) is 8.80. The van der Waals surface area contributed by atoms with Gasteiger partial charge in [0.25, 0.3) is 0 Å². The number of hydrogen-bond acceptors (Lipinski definition) is 0. The van der Waals surface area contributed by atoms with Crippen LogP contribution in [0, 0.1) is 116 Å². The van der Waals surface area contributed by atoms with Crippen LogP contribution >= 0.6 is 0 Å². The Hall–Kier alpha value is -2.82. The summed E-state index contributed by atoms with van der Waals surface area (Å²) in [7, 11) is 0. The Kier molecular flexibility index (Phi) is 10.4. The molecule has 0 atom stereocenters. The summed E-state index contributed by atoms with van der Waals surface area (Å²) in [6.07, 6.45) is -7.22. The van der Waals surface area contributed by atoms with Gasteiger partial charge in [0.15, 0.2) is 69.8 Å². The van der Waals surface area contributed by atoms with Gasteiger partial charge >= 0.3 is 51.4 Å². The molecular formula is C24BF20K. The summed E-state index contributed by atoms with van der Waals surface area (Å²) in [4.78, 5) is 0. The number of rotatable bonds is 4. The van der Waals surface area contributed by atoms with Crippen molar-refractivity contribution in [3.05, 3.63) is 116 Å². The van der Waals surface area contributed by atoms with Crippen molar-refractivity contribution < 1.29 is 139 Å². The molecule has 0 amide bonds. The third-order valence-electron chi connectivity index (χ3n) is 6.71. The van der Waals surface area contributed by atoms with Crippen LogP contribution in [-0.4, -0.2) is 6.15 Å². The topological polar surface area (TPSA) is 0 Å². The molecule has 0 heterocycles. The van der Waals surface area contributed by atoms with Crippen LogP contribution in [0.25, 0.3) is 0 Å². The van der Waals surface area contributed by atoms with Crippen LogP contribution in [0.2, 0.25) is 0 Å². The average molecular weight is 718 g/mol. The van der Waals surface area contributed by atoms with Gasteiger partial charge in [-0.1, -0.05) is 0 Å². The zero-order chi connectivity index (χ0) is 34.4. The van der Waals surface area contributed by atoms with Crippen LogP contribution in [0.1, 0.15) is 0 Å². The van der Waals surface area contributed by atoms with Gasteiger partial charge in [-0.2, -0.15) is 0 Å². The Bertz CT molecular complexity index is 1580. The van der Waals surface area contributed by atoms with Crippen molar-refractivity contribution in [2.75, 3.05) is 0 Å². The number of benzene rings is 4. The molecular weight excluding hydrogens is 718 g/mol. The molecule has 0 saturated carbocycles. The van der Waals surface area contributed by atoms with E-state index in [2.05, 4.69) is 0 Å². The fraction of sp³-hybridized carbons (Fsp3) is 0. The van der Waals surface area contributed by atoms with Gasteiger partial charge < -0.3 is 0 Å². The first-order chi connectivity index (χ1) is 20.7. The van der Waals surface area contributed by atoms with E-state index in [0.717, 1.165) is 0 Å². The molecule has 0 aromatic heterocycles. The van der Waals surface area contributed by atoms with Crippen LogP contribution in [0.15, 0.2) is 0 Å². The molecule has 0 bridgehead atoms. The molecule has 0 aliphatic heterocycles. The maximum atomic E-state index is 15.4. The van der Waals surface area contributed by atoms with E-state index in [4.69, 9.17) is 0 Å². The van der Waals surface area contributed by atoms with Gasteiger partial charge in [0, 0.05) is 0 Å². The predicted octanol–water partition coefficient (Wildman–Crippen LogP) is 2.85. The summed E-state index contributed by atoms with van der Waals surface area (Å²) in [5.74, 6) is -71.4. The Morgan fingerprint density at radius 3 is 0.370 bits per heavy atom. The molecule has 0 fully saturated rings. The number of halogens is 20. The van der Waals surface area contributed by atoms with Gasteiger partial charge in [0.05, 0.1) is 0 Å². The Morgan fingerprint density at radius 2 is 0.261 bits per heavy atom. The summed E-state index contributed by atoms with van der Waals surface area (Å²) in [5, 5.41) is 0. The van der Waals surface area contributed by atoms with Crippen molar-refractivity contribution in [2.45, 2.75) is 0 Å². The van der Waals surface area contributed by atoms with Crippen molar-refractivity contribution in [3.8, 4) is 0 Å². The molecule has 0 radical (unpaired) electrons. The van der Waals surface area contributed by atoms with E-state index in [0.29, 0.717) is 0 Å². The molecule has 0 saturated heterocycles. The van der Waals surface area contributed by atoms with E-state index < -0.39 is 144 Å². The molecule has 0 nitrogen and oxygen atoms in total. The van der Waals surface area contributed by atoms with E-state index in [9.17, 15) is 52.7 Å². The third-order valence-corrected chi connectivity index (χ3v) is 6.71. The zero-order valence-electron chi connectivity index (χ0n) is 21.1. The molecule has 0 unspecified atom stereocenters. The zero-order valence-corrected chi connectivity index (χ0v) is 24.3. The first kappa shape index (κ1) is 37.6. The van der Waals surface area contributed by atoms with Gasteiger partial charge in [-0.05, 0) is 0 Å². The van der Waals surface area contributed by atoms with Crippen molar-refractivity contribution >= 4 is 28.0 Å². The van der Waals surface area contributed by atoms with Crippen LogP contribution in [0.3, 0.4) is 0 Å². The van der Waals surface area contributed by atoms with E-state index >= 15 is 35.1 Å². The molecule has 240 valence electrons. The largest absolute Gasteiger partial charge is 1.00 e. The minimum Gasteiger partial charge on any atom is -0.207 e. The van der Waals surface area contributed by atoms with E-state index in [1.54, 1.807) is 0 Å². The summed E-state index contributed by atoms with van der Waals surface area (Å²) >= 11 is 0. The normalized spacial score (nSPS) is 11.7. The van der Waals surface area contributed by atoms with Crippen LogP contribution in [-0.2, 0) is 0 Å². The molecule has 0 aliphatic rings. The minimum absolute atomic E-state index is 0. The van der Waals surface area contributed by atoms with Gasteiger partial charge in [0.2, 0.25) is 0 Å². The first-order valence-corrected chi connectivity index (χ1v) is 10.9. The SMILES string of the molecule is Fc1c(F)c(F)c([B-](c2c(F)c(F)c(F)c(F)c2F)(c2c(F)c(F)c(F)c(F)c2F)c2c(F)c(F)c(F)c(F)c2F)c(F)c1F.[K+]. The molecule has 0 aliphatic carbocycles. The second-order valence-electron chi connectivity index (χ2n) is 8.80. The number of hydrogen-bond donors (Lipinski definition) is 0. The van der Waals surface area contributed by atoms with Crippen molar-refractivity contribution in [1.29, 1.82) is 0 Å². The van der Waals surface area contributed by atoms with Crippen molar-refractivity contribution in [2.24, 2.45) is 0 Å². The second kappa shape index (κ2) is 12.7. The quantitative estimate of drug-likeness (QED) is 0.132. The van der Waals surface area contributed by atoms with Crippen molar-refractivity contribution in [1.82, 2.24) is 0 Å². The third kappa shape index (κ3) is 4.84. The van der Waals surface area contributed by atoms with Gasteiger partial charge in [-0.25, -0.2) is 87.8 Å². The first-order valence-electron chi connectivity index (χ1n) is 10.9. The van der Waals surface area contributed by atoms with Crippen LogP contribution in [0.4, 0.5) is 87.8 Å². The summed E-state index contributed by atoms with van der Waals surface area (Å²) < 4.78 is 294. The maximum Gasteiger partial charge on any atom is 1.00 e. The molecule has 0 N–H and O–H groups in total. The van der Waals surface area contributed by atoms with E-state index in [1.165, 1.54) is 0 Å². The van der Waals surface area contributed by atoms with Crippen LogP contribution < -0.4 is 73.2 Å². The smallest absolute Gasteiger partial charge is 0.207 e. The van der Waals surface area contributed by atoms with Gasteiger partial charge in [-0.15, -0.1) is 21.9 Å². The molecule has 46 heavy (non-hydrogen) atoms. The fourth-order valence-electron chi connectivity index (χ4n) is 4.87. The monoisotopic (exact) mass is 718 g/mol. The molecule has 0 spiro atoms. The maximum absolute atomic E-state index is 15.4. The Labute approximate surface area is 281 Å². The fourth-order valence-corrected chi connectivity index (χ4v) is 4.87. The molecule has 4 rings (SSSR count). The molecule has 22 heteroatoms. The average Bonchev–Trinajstić information content (AvgIpc) is 3.00. The minimum atomic E-state index is -7.22. The molecule has 4 aromatic carbocycles. The van der Waals surface area contributed by atoms with Gasteiger partial charge in [0.1, 0.15) is 52.7 Å². The Morgan fingerprint density at radius 1 is 0.174 bits per heavy atom. The van der Waals surface area contributed by atoms with E-state index in [1.807, 2.05) is 0 Å². The summed E-state index contributed by atoms with van der Waals surface area (Å²) in [6.45, 7) is 0. The van der Waals surface area contributed by atoms with E-state index in [-0.39, 0.29) is 51.4 Å². The standard InChI is InChI=1S/C24BF20.K/c26-5-1(6(27)14(35)21(42)13(5)34)25(2-7(28)15(36)22(43)16(37)8(2)29,3-9(30)17(38)23(44)18(39)10(3)31)4-11(32)19(40)24(45)20(41)12(4)33;/q-1;+1. The summed E-state index contributed by atoms with van der Waals surface area (Å²) in [6, 6.07) is 0. The Balaban J connectivity index is 0.00000576.